The van der Waals surface area contributed by atoms with E-state index in [0.717, 1.165) is 0 Å². The van der Waals surface area contributed by atoms with Crippen LogP contribution in [0, 0.1) is 0 Å². The molecule has 0 aliphatic rings. The largest absolute Gasteiger partial charge is 0.532 e. The molecule has 0 radical (unpaired) electrons. The maximum absolute atomic E-state index is 11.9. The lowest BCUT2D eigenvalue weighted by Crippen LogP contribution is -2.39. The van der Waals surface area contributed by atoms with Crippen molar-refractivity contribution in [3.63, 3.8) is 0 Å². The highest BCUT2D eigenvalue weighted by Gasteiger charge is 2.30. The minimum atomic E-state index is -3.99. The summed E-state index contributed by atoms with van der Waals surface area (Å²) in [4.78, 5) is 11.7. The van der Waals surface area contributed by atoms with Crippen molar-refractivity contribution in [2.45, 2.75) is 32.9 Å². The molecule has 106 valence electrons. The van der Waals surface area contributed by atoms with Gasteiger partial charge in [-0.25, -0.2) is 9.36 Å². The van der Waals surface area contributed by atoms with Gasteiger partial charge >= 0.3 is 12.9 Å². The summed E-state index contributed by atoms with van der Waals surface area (Å²) in [5.41, 5.74) is 0. The van der Waals surface area contributed by atoms with E-state index in [2.05, 4.69) is 5.32 Å². The molecule has 7 heteroatoms. The fourth-order valence-electron chi connectivity index (χ4n) is 1.38. The predicted octanol–water partition coefficient (Wildman–Crippen LogP) is 3.34. The average Bonchev–Trinajstić information content (AvgIpc) is 2.27. The Labute approximate surface area is 117 Å². The van der Waals surface area contributed by atoms with Crippen LogP contribution in [0.5, 0.6) is 5.75 Å². The third-order valence-corrected chi connectivity index (χ3v) is 3.33. The van der Waals surface area contributed by atoms with Crippen LogP contribution in [-0.4, -0.2) is 18.1 Å². The second kappa shape index (κ2) is 6.94. The van der Waals surface area contributed by atoms with Crippen LogP contribution >= 0.6 is 18.2 Å². The van der Waals surface area contributed by atoms with E-state index in [9.17, 15) is 9.36 Å². The summed E-state index contributed by atoms with van der Waals surface area (Å²) >= 11 is 5.61. The summed E-state index contributed by atoms with van der Waals surface area (Å²) in [5.74, 6) is -0.443. The summed E-state index contributed by atoms with van der Waals surface area (Å²) in [7, 11) is 0. The third-order valence-electron chi connectivity index (χ3n) is 2.09. The molecule has 0 bridgehead atoms. The first kappa shape index (κ1) is 16.0. The van der Waals surface area contributed by atoms with Crippen molar-refractivity contribution in [3.8, 4) is 5.75 Å². The van der Waals surface area contributed by atoms with E-state index < -0.39 is 19.0 Å². The molecule has 0 aromatic heterocycles. The molecule has 1 unspecified atom stereocenters. The van der Waals surface area contributed by atoms with Crippen LogP contribution in [0.2, 0.25) is 0 Å². The first-order valence-electron chi connectivity index (χ1n) is 5.84. The van der Waals surface area contributed by atoms with Crippen LogP contribution in [0.4, 0.5) is 0 Å². The zero-order valence-electron chi connectivity index (χ0n) is 11.0. The van der Waals surface area contributed by atoms with Gasteiger partial charge in [-0.1, -0.05) is 32.0 Å². The van der Waals surface area contributed by atoms with Crippen molar-refractivity contribution < 1.29 is 18.4 Å². The van der Waals surface area contributed by atoms with Gasteiger partial charge in [0.15, 0.2) is 0 Å². The highest BCUT2D eigenvalue weighted by atomic mass is 35.7. The zero-order valence-corrected chi connectivity index (χ0v) is 12.6. The van der Waals surface area contributed by atoms with Crippen molar-refractivity contribution in [1.29, 1.82) is 0 Å². The second-order valence-corrected chi connectivity index (χ2v) is 6.76. The van der Waals surface area contributed by atoms with Gasteiger partial charge in [0.2, 0.25) is 0 Å². The van der Waals surface area contributed by atoms with Crippen LogP contribution in [0.15, 0.2) is 30.3 Å². The van der Waals surface area contributed by atoms with Crippen LogP contribution in [-0.2, 0) is 13.9 Å². The normalized spacial score (nSPS) is 15.6. The monoisotopic (exact) mass is 305 g/mol. The summed E-state index contributed by atoms with van der Waals surface area (Å²) in [6.07, 6.45) is 0. The number of carbonyl (C=O) groups is 1. The number of carbonyl (C=O) groups excluding carboxylic acids is 1. The van der Waals surface area contributed by atoms with Gasteiger partial charge in [-0.15, -0.1) is 0 Å². The molecule has 1 N–H and O–H groups in total. The predicted molar refractivity (Wildman–Crippen MR) is 74.4 cm³/mol. The molecule has 0 aliphatic heterocycles. The molecule has 0 saturated heterocycles. The zero-order chi connectivity index (χ0) is 14.5. The van der Waals surface area contributed by atoms with E-state index in [1.165, 1.54) is 0 Å². The number of para-hydroxylation sites is 1. The Balaban J connectivity index is 2.59. The lowest BCUT2D eigenvalue weighted by atomic mass is 10.3. The molecular formula is C12H17ClNO4P. The summed E-state index contributed by atoms with van der Waals surface area (Å²) in [5, 5.41) is 2.92. The Morgan fingerprint density at radius 2 is 1.84 bits per heavy atom. The van der Waals surface area contributed by atoms with E-state index in [0.29, 0.717) is 0 Å². The van der Waals surface area contributed by atoms with Crippen molar-refractivity contribution in [2.24, 2.45) is 0 Å². The standard InChI is InChI=1S/C12H17ClNO4P/c1-9(2)14-10(3)12(15)18-19(13,16)17-11-7-5-4-6-8-11/h4-10,14H,1-3H3/t10-,19?/m0/s1. The maximum Gasteiger partial charge on any atom is 0.532 e. The Bertz CT molecular complexity index is 466. The Kier molecular flexibility index (Phi) is 5.85. The third kappa shape index (κ3) is 6.10. The Morgan fingerprint density at radius 1 is 1.26 bits per heavy atom. The molecule has 0 saturated carbocycles. The highest BCUT2D eigenvalue weighted by molar-refractivity contribution is 7.82. The van der Waals surface area contributed by atoms with E-state index in [1.807, 2.05) is 13.8 Å². The van der Waals surface area contributed by atoms with Crippen LogP contribution in [0.1, 0.15) is 20.8 Å². The van der Waals surface area contributed by atoms with Gasteiger partial charge in [-0.2, -0.15) is 0 Å². The number of hydrogen-bond donors (Lipinski definition) is 1. The molecule has 0 aliphatic carbocycles. The first-order valence-corrected chi connectivity index (χ1v) is 8.29. The number of rotatable bonds is 6. The molecule has 2 atom stereocenters. The van der Waals surface area contributed by atoms with E-state index in [1.54, 1.807) is 37.3 Å². The van der Waals surface area contributed by atoms with Crippen LogP contribution in [0.25, 0.3) is 0 Å². The fourth-order valence-corrected chi connectivity index (χ4v) is 2.61. The summed E-state index contributed by atoms with van der Waals surface area (Å²) < 4.78 is 21.5. The average molecular weight is 306 g/mol. The van der Waals surface area contributed by atoms with Gasteiger partial charge in [0.1, 0.15) is 11.8 Å². The quantitative estimate of drug-likeness (QED) is 0.817. The summed E-state index contributed by atoms with van der Waals surface area (Å²) in [6.45, 7) is 1.37. The summed E-state index contributed by atoms with van der Waals surface area (Å²) in [6, 6.07) is 7.76. The SMILES string of the molecule is CC(C)N[C@@H](C)C(=O)OP(=O)(Cl)Oc1ccccc1. The number of hydrogen-bond acceptors (Lipinski definition) is 5. The van der Waals surface area contributed by atoms with Crippen LogP contribution in [0.3, 0.4) is 0 Å². The van der Waals surface area contributed by atoms with Crippen molar-refractivity contribution in [1.82, 2.24) is 5.32 Å². The van der Waals surface area contributed by atoms with Gasteiger partial charge in [-0.05, 0) is 19.1 Å². The fraction of sp³-hybridized carbons (Fsp3) is 0.417. The van der Waals surface area contributed by atoms with Crippen molar-refractivity contribution in [2.75, 3.05) is 0 Å². The lowest BCUT2D eigenvalue weighted by Gasteiger charge is -2.18. The van der Waals surface area contributed by atoms with Gasteiger partial charge in [-0.3, -0.25) is 0 Å². The first-order chi connectivity index (χ1) is 8.80. The smallest absolute Gasteiger partial charge is 0.405 e. The van der Waals surface area contributed by atoms with E-state index in [4.69, 9.17) is 20.3 Å². The number of halogens is 1. The van der Waals surface area contributed by atoms with E-state index >= 15 is 0 Å². The molecular weight excluding hydrogens is 289 g/mol. The van der Waals surface area contributed by atoms with Crippen molar-refractivity contribution >= 4 is 24.2 Å². The molecule has 1 rings (SSSR count). The highest BCUT2D eigenvalue weighted by Crippen LogP contribution is 2.53. The minimum absolute atomic E-state index is 0.0901. The van der Waals surface area contributed by atoms with Gasteiger partial charge in [0.05, 0.1) is 0 Å². The molecule has 0 fully saturated rings. The maximum atomic E-state index is 11.9. The number of nitrogens with one attached hydrogen (secondary N) is 1. The molecule has 0 heterocycles. The molecule has 0 spiro atoms. The Morgan fingerprint density at radius 3 is 2.37 bits per heavy atom. The molecule has 0 amide bonds. The minimum Gasteiger partial charge on any atom is -0.405 e. The molecule has 5 nitrogen and oxygen atoms in total. The number of benzene rings is 1. The van der Waals surface area contributed by atoms with Gasteiger partial charge in [0, 0.05) is 17.3 Å². The lowest BCUT2D eigenvalue weighted by molar-refractivity contribution is -0.136. The molecule has 1 aromatic rings. The Hall–Kier alpha value is -1.03. The second-order valence-electron chi connectivity index (χ2n) is 4.29. The topological polar surface area (TPSA) is 64.6 Å². The molecule has 1 aromatic carbocycles. The van der Waals surface area contributed by atoms with Crippen molar-refractivity contribution in [3.05, 3.63) is 30.3 Å². The van der Waals surface area contributed by atoms with E-state index in [-0.39, 0.29) is 11.8 Å². The van der Waals surface area contributed by atoms with Crippen LogP contribution < -0.4 is 9.84 Å². The van der Waals surface area contributed by atoms with Gasteiger partial charge in [0.25, 0.3) is 0 Å². The van der Waals surface area contributed by atoms with Gasteiger partial charge < -0.3 is 14.4 Å². The molecule has 19 heavy (non-hydrogen) atoms.